The lowest BCUT2D eigenvalue weighted by Gasteiger charge is -2.48. The Bertz CT molecular complexity index is 1370. The number of aryl methyl sites for hydroxylation is 1. The van der Waals surface area contributed by atoms with Gasteiger partial charge in [0, 0.05) is 12.0 Å². The average Bonchev–Trinajstić information content (AvgIpc) is 2.95. The number of rotatable bonds is 11. The molecule has 2 atom stereocenters. The monoisotopic (exact) mass is 557 g/mol. The van der Waals surface area contributed by atoms with Crippen LogP contribution in [0.2, 0.25) is 0 Å². The van der Waals surface area contributed by atoms with Crippen LogP contribution in [0.25, 0.3) is 0 Å². The van der Waals surface area contributed by atoms with E-state index in [0.29, 0.717) is 18.4 Å². The number of likely N-dealkylation sites (N-methyl/N-ethyl adjacent to an activating group) is 2. The fourth-order valence-electron chi connectivity index (χ4n) is 5.76. The Morgan fingerprint density at radius 3 is 1.80 bits per heavy atom. The number of hydrogen-bond donors (Lipinski definition) is 0. The zero-order chi connectivity index (χ0) is 29.6. The first-order valence-corrected chi connectivity index (χ1v) is 14.0. The van der Waals surface area contributed by atoms with Crippen molar-refractivity contribution in [2.75, 3.05) is 28.2 Å². The van der Waals surface area contributed by atoms with Crippen LogP contribution in [0.3, 0.4) is 0 Å². The lowest BCUT2D eigenvalue weighted by Crippen LogP contribution is -2.51. The summed E-state index contributed by atoms with van der Waals surface area (Å²) in [6, 6.07) is 34.9. The van der Waals surface area contributed by atoms with Crippen LogP contribution >= 0.6 is 0 Å². The Kier molecular flexibility index (Phi) is 9.72. The fourth-order valence-corrected chi connectivity index (χ4v) is 5.76. The second kappa shape index (κ2) is 13.1. The SMILES string of the molecule is Cc1ccc(C(Cc2ccccc2)([C](CC(Cc2ccccc2)N(C)C)c2cccc(C(F)(F)F)c2)N(C)C)cc1. The zero-order valence-electron chi connectivity index (χ0n) is 24.6. The van der Waals surface area contributed by atoms with E-state index in [0.717, 1.165) is 35.1 Å². The van der Waals surface area contributed by atoms with Gasteiger partial charge >= 0.3 is 6.18 Å². The first kappa shape index (κ1) is 30.5. The summed E-state index contributed by atoms with van der Waals surface area (Å²) in [4.78, 5) is 4.38. The summed E-state index contributed by atoms with van der Waals surface area (Å²) in [7, 11) is 8.19. The van der Waals surface area contributed by atoms with Crippen molar-refractivity contribution in [2.24, 2.45) is 0 Å². The van der Waals surface area contributed by atoms with Gasteiger partial charge in [0.15, 0.2) is 0 Å². The van der Waals surface area contributed by atoms with E-state index >= 15 is 0 Å². The molecule has 0 aliphatic carbocycles. The summed E-state index contributed by atoms with van der Waals surface area (Å²) >= 11 is 0. The molecule has 1 radical (unpaired) electrons. The molecule has 41 heavy (non-hydrogen) atoms. The highest BCUT2D eigenvalue weighted by Gasteiger charge is 2.45. The second-order valence-corrected chi connectivity index (χ2v) is 11.4. The molecule has 4 rings (SSSR count). The quantitative estimate of drug-likeness (QED) is 0.183. The summed E-state index contributed by atoms with van der Waals surface area (Å²) in [6.45, 7) is 2.05. The Hall–Kier alpha value is -3.41. The average molecular weight is 558 g/mol. The van der Waals surface area contributed by atoms with Gasteiger partial charge in [-0.3, -0.25) is 4.90 Å². The Morgan fingerprint density at radius 2 is 1.27 bits per heavy atom. The second-order valence-electron chi connectivity index (χ2n) is 11.4. The summed E-state index contributed by atoms with van der Waals surface area (Å²) < 4.78 is 42.2. The van der Waals surface area contributed by atoms with Crippen molar-refractivity contribution in [2.45, 2.75) is 43.9 Å². The molecular formula is C36H40F3N2. The van der Waals surface area contributed by atoms with E-state index in [-0.39, 0.29) is 6.04 Å². The number of alkyl halides is 3. The van der Waals surface area contributed by atoms with Crippen molar-refractivity contribution in [1.82, 2.24) is 9.80 Å². The van der Waals surface area contributed by atoms with Crippen LogP contribution in [0.15, 0.2) is 109 Å². The normalized spacial score (nSPS) is 14.4. The minimum Gasteiger partial charge on any atom is -0.306 e. The molecule has 0 spiro atoms. The molecule has 0 N–H and O–H groups in total. The Labute approximate surface area is 243 Å². The highest BCUT2D eigenvalue weighted by molar-refractivity contribution is 5.48. The van der Waals surface area contributed by atoms with Gasteiger partial charge in [0.25, 0.3) is 0 Å². The van der Waals surface area contributed by atoms with Gasteiger partial charge in [0.2, 0.25) is 0 Å². The van der Waals surface area contributed by atoms with Gasteiger partial charge in [-0.05, 0) is 82.7 Å². The molecule has 0 heterocycles. The first-order valence-electron chi connectivity index (χ1n) is 14.0. The molecular weight excluding hydrogens is 517 g/mol. The number of benzene rings is 4. The number of nitrogens with zero attached hydrogens (tertiary/aromatic N) is 2. The van der Waals surface area contributed by atoms with Crippen molar-refractivity contribution in [1.29, 1.82) is 0 Å². The smallest absolute Gasteiger partial charge is 0.306 e. The van der Waals surface area contributed by atoms with Crippen LogP contribution in [0.1, 0.15) is 39.8 Å². The third-order valence-electron chi connectivity index (χ3n) is 8.12. The third kappa shape index (κ3) is 7.27. The van der Waals surface area contributed by atoms with Gasteiger partial charge in [0.05, 0.1) is 11.1 Å². The van der Waals surface area contributed by atoms with E-state index in [2.05, 4.69) is 79.3 Å². The fraction of sp³-hybridized carbons (Fsp3) is 0.306. The zero-order valence-corrected chi connectivity index (χ0v) is 24.6. The minimum absolute atomic E-state index is 0.0579. The van der Waals surface area contributed by atoms with E-state index in [4.69, 9.17) is 0 Å². The molecule has 215 valence electrons. The molecule has 0 bridgehead atoms. The minimum atomic E-state index is -4.43. The van der Waals surface area contributed by atoms with E-state index in [1.165, 1.54) is 17.7 Å². The predicted molar refractivity (Wildman–Crippen MR) is 163 cm³/mol. The van der Waals surface area contributed by atoms with Crippen molar-refractivity contribution in [3.63, 3.8) is 0 Å². The standard InChI is InChI=1S/C36H40F3N2/c1-27-19-21-31(22-20-27)35(41(4)5,26-29-15-10-7-11-16-29)34(30-17-12-18-32(24-30)36(37,38)39)25-33(40(2)3)23-28-13-8-6-9-14-28/h6-22,24,33H,23,25-26H2,1-5H3. The molecule has 4 aromatic rings. The molecule has 5 heteroatoms. The van der Waals surface area contributed by atoms with Crippen molar-refractivity contribution >= 4 is 0 Å². The Morgan fingerprint density at radius 1 is 0.683 bits per heavy atom. The van der Waals surface area contributed by atoms with Crippen LogP contribution in [0.4, 0.5) is 13.2 Å². The highest BCUT2D eigenvalue weighted by atomic mass is 19.4. The van der Waals surface area contributed by atoms with Crippen LogP contribution in [-0.4, -0.2) is 44.0 Å². The van der Waals surface area contributed by atoms with E-state index in [9.17, 15) is 13.2 Å². The van der Waals surface area contributed by atoms with Crippen molar-refractivity contribution < 1.29 is 13.2 Å². The topological polar surface area (TPSA) is 6.48 Å². The highest BCUT2D eigenvalue weighted by Crippen LogP contribution is 2.47. The Balaban J connectivity index is 1.96. The van der Waals surface area contributed by atoms with Crippen molar-refractivity contribution in [3.05, 3.63) is 148 Å². The van der Waals surface area contributed by atoms with Gasteiger partial charge in [-0.25, -0.2) is 0 Å². The molecule has 0 saturated heterocycles. The molecule has 2 nitrogen and oxygen atoms in total. The lowest BCUT2D eigenvalue weighted by atomic mass is 9.67. The molecule has 0 fully saturated rings. The molecule has 0 aliphatic rings. The van der Waals surface area contributed by atoms with Crippen LogP contribution in [-0.2, 0) is 24.6 Å². The maximum absolute atomic E-state index is 14.1. The molecule has 4 aromatic carbocycles. The maximum Gasteiger partial charge on any atom is 0.416 e. The van der Waals surface area contributed by atoms with Gasteiger partial charge in [-0.15, -0.1) is 0 Å². The third-order valence-corrected chi connectivity index (χ3v) is 8.12. The molecule has 2 unspecified atom stereocenters. The van der Waals surface area contributed by atoms with Crippen LogP contribution in [0, 0.1) is 12.8 Å². The predicted octanol–water partition coefficient (Wildman–Crippen LogP) is 8.20. The molecule has 0 saturated carbocycles. The maximum atomic E-state index is 14.1. The molecule has 0 aliphatic heterocycles. The van der Waals surface area contributed by atoms with Gasteiger partial charge in [-0.1, -0.05) is 109 Å². The van der Waals surface area contributed by atoms with E-state index in [1.807, 2.05) is 56.6 Å². The summed E-state index contributed by atoms with van der Waals surface area (Å²) in [6.07, 6.45) is -2.46. The lowest BCUT2D eigenvalue weighted by molar-refractivity contribution is -0.137. The van der Waals surface area contributed by atoms with E-state index in [1.54, 1.807) is 0 Å². The van der Waals surface area contributed by atoms with Crippen LogP contribution in [0.5, 0.6) is 0 Å². The van der Waals surface area contributed by atoms with Gasteiger partial charge < -0.3 is 4.90 Å². The summed E-state index contributed by atoms with van der Waals surface area (Å²) in [5.74, 6) is 0.968. The van der Waals surface area contributed by atoms with E-state index < -0.39 is 17.3 Å². The largest absolute Gasteiger partial charge is 0.416 e. The molecule has 0 amide bonds. The number of halogens is 3. The van der Waals surface area contributed by atoms with Gasteiger partial charge in [0.1, 0.15) is 0 Å². The van der Waals surface area contributed by atoms with Crippen molar-refractivity contribution in [3.8, 4) is 0 Å². The number of hydrogen-bond acceptors (Lipinski definition) is 2. The molecule has 0 aromatic heterocycles. The van der Waals surface area contributed by atoms with Gasteiger partial charge in [-0.2, -0.15) is 13.2 Å². The van der Waals surface area contributed by atoms with Crippen LogP contribution < -0.4 is 0 Å². The summed E-state index contributed by atoms with van der Waals surface area (Å²) in [5.41, 5.74) is 3.79. The summed E-state index contributed by atoms with van der Waals surface area (Å²) in [5, 5.41) is 0. The first-order chi connectivity index (χ1) is 19.5.